The van der Waals surface area contributed by atoms with Crippen LogP contribution in [-0.4, -0.2) is 15.9 Å². The minimum absolute atomic E-state index is 0.263. The van der Waals surface area contributed by atoms with Crippen LogP contribution in [0.4, 0.5) is 11.5 Å². The second kappa shape index (κ2) is 5.34. The van der Waals surface area contributed by atoms with Gasteiger partial charge in [0.2, 0.25) is 0 Å². The van der Waals surface area contributed by atoms with E-state index in [1.165, 1.54) is 6.20 Å². The quantitative estimate of drug-likeness (QED) is 0.759. The number of primary amides is 1. The SMILES string of the molecule is Cc1ccc(CNc2cc(C(N)=O)c(N)cn2)cn1. The van der Waals surface area contributed by atoms with E-state index in [0.29, 0.717) is 12.4 Å². The van der Waals surface area contributed by atoms with Gasteiger partial charge in [-0.25, -0.2) is 4.98 Å². The fourth-order valence-corrected chi connectivity index (χ4v) is 1.57. The van der Waals surface area contributed by atoms with Crippen LogP contribution in [0.5, 0.6) is 0 Å². The molecule has 0 unspecified atom stereocenters. The van der Waals surface area contributed by atoms with Gasteiger partial charge in [-0.15, -0.1) is 0 Å². The highest BCUT2D eigenvalue weighted by Crippen LogP contribution is 2.14. The number of nitrogens with one attached hydrogen (secondary N) is 1. The van der Waals surface area contributed by atoms with Crippen molar-refractivity contribution in [3.63, 3.8) is 0 Å². The Morgan fingerprint density at radius 1 is 1.32 bits per heavy atom. The number of hydrogen-bond acceptors (Lipinski definition) is 5. The van der Waals surface area contributed by atoms with Crippen LogP contribution in [0.1, 0.15) is 21.6 Å². The zero-order valence-corrected chi connectivity index (χ0v) is 10.6. The zero-order valence-electron chi connectivity index (χ0n) is 10.6. The van der Waals surface area contributed by atoms with Gasteiger partial charge in [0.05, 0.1) is 17.4 Å². The van der Waals surface area contributed by atoms with Gasteiger partial charge in [-0.1, -0.05) is 6.07 Å². The lowest BCUT2D eigenvalue weighted by atomic mass is 10.2. The first-order valence-corrected chi connectivity index (χ1v) is 5.77. The van der Waals surface area contributed by atoms with E-state index in [1.54, 1.807) is 12.3 Å². The van der Waals surface area contributed by atoms with Crippen molar-refractivity contribution in [3.05, 3.63) is 47.4 Å². The highest BCUT2D eigenvalue weighted by atomic mass is 16.1. The molecule has 2 rings (SSSR count). The molecule has 6 heteroatoms. The summed E-state index contributed by atoms with van der Waals surface area (Å²) in [6.07, 6.45) is 3.20. The van der Waals surface area contributed by atoms with Crippen molar-refractivity contribution in [2.24, 2.45) is 5.73 Å². The van der Waals surface area contributed by atoms with Gasteiger partial charge >= 0.3 is 0 Å². The topological polar surface area (TPSA) is 107 Å². The summed E-state index contributed by atoms with van der Waals surface area (Å²) in [4.78, 5) is 19.4. The van der Waals surface area contributed by atoms with Crippen molar-refractivity contribution in [3.8, 4) is 0 Å². The van der Waals surface area contributed by atoms with E-state index in [0.717, 1.165) is 11.3 Å². The molecule has 0 bridgehead atoms. The molecular weight excluding hydrogens is 242 g/mol. The molecule has 0 radical (unpaired) electrons. The average molecular weight is 257 g/mol. The average Bonchev–Trinajstić information content (AvgIpc) is 2.39. The van der Waals surface area contributed by atoms with Crippen LogP contribution in [0, 0.1) is 6.92 Å². The molecule has 0 saturated heterocycles. The molecule has 0 atom stereocenters. The number of amides is 1. The third kappa shape index (κ3) is 3.19. The summed E-state index contributed by atoms with van der Waals surface area (Å²) in [6.45, 7) is 2.49. The van der Waals surface area contributed by atoms with Crippen LogP contribution >= 0.6 is 0 Å². The molecule has 0 fully saturated rings. The number of carbonyl (C=O) groups is 1. The summed E-state index contributed by atoms with van der Waals surface area (Å²) in [6, 6.07) is 5.45. The van der Waals surface area contributed by atoms with Crippen molar-refractivity contribution < 1.29 is 4.79 Å². The number of nitrogens with two attached hydrogens (primary N) is 2. The lowest BCUT2D eigenvalue weighted by Crippen LogP contribution is -2.14. The molecule has 98 valence electrons. The Hall–Kier alpha value is -2.63. The number of nitrogen functional groups attached to an aromatic ring is 1. The van der Waals surface area contributed by atoms with Gasteiger partial charge in [-0.2, -0.15) is 0 Å². The maximum Gasteiger partial charge on any atom is 0.250 e. The smallest absolute Gasteiger partial charge is 0.250 e. The zero-order chi connectivity index (χ0) is 13.8. The third-order valence-electron chi connectivity index (χ3n) is 2.65. The number of pyridine rings is 2. The van der Waals surface area contributed by atoms with Crippen molar-refractivity contribution >= 4 is 17.4 Å². The molecule has 0 aliphatic heterocycles. The highest BCUT2D eigenvalue weighted by Gasteiger charge is 2.07. The Morgan fingerprint density at radius 2 is 2.11 bits per heavy atom. The van der Waals surface area contributed by atoms with Gasteiger partial charge in [0.1, 0.15) is 5.82 Å². The molecule has 5 N–H and O–H groups in total. The third-order valence-corrected chi connectivity index (χ3v) is 2.65. The minimum Gasteiger partial charge on any atom is -0.397 e. The molecule has 0 aromatic carbocycles. The second-order valence-electron chi connectivity index (χ2n) is 4.18. The number of rotatable bonds is 4. The fourth-order valence-electron chi connectivity index (χ4n) is 1.57. The normalized spacial score (nSPS) is 10.2. The first-order chi connectivity index (χ1) is 9.06. The summed E-state index contributed by atoms with van der Waals surface area (Å²) in [5.41, 5.74) is 13.4. The molecule has 19 heavy (non-hydrogen) atoms. The first kappa shape index (κ1) is 12.8. The van der Waals surface area contributed by atoms with E-state index in [1.807, 2.05) is 19.1 Å². The molecule has 0 saturated carbocycles. The lowest BCUT2D eigenvalue weighted by Gasteiger charge is -2.08. The first-order valence-electron chi connectivity index (χ1n) is 5.77. The van der Waals surface area contributed by atoms with E-state index in [-0.39, 0.29) is 11.3 Å². The summed E-state index contributed by atoms with van der Waals surface area (Å²) < 4.78 is 0. The maximum atomic E-state index is 11.2. The summed E-state index contributed by atoms with van der Waals surface area (Å²) >= 11 is 0. The standard InChI is InChI=1S/C13H15N5O/c1-8-2-3-9(5-16-8)6-17-12-4-10(13(15)19)11(14)7-18-12/h2-5,7H,6,14H2,1H3,(H2,15,19)(H,17,18). The fraction of sp³-hybridized carbons (Fsp3) is 0.154. The van der Waals surface area contributed by atoms with Crippen LogP contribution in [0.2, 0.25) is 0 Å². The maximum absolute atomic E-state index is 11.2. The minimum atomic E-state index is -0.569. The van der Waals surface area contributed by atoms with Crippen LogP contribution < -0.4 is 16.8 Å². The second-order valence-corrected chi connectivity index (χ2v) is 4.18. The number of hydrogen-bond donors (Lipinski definition) is 3. The number of anilines is 2. The predicted molar refractivity (Wildman–Crippen MR) is 73.5 cm³/mol. The molecule has 2 aromatic heterocycles. The molecule has 6 nitrogen and oxygen atoms in total. The molecule has 0 spiro atoms. The number of nitrogens with zero attached hydrogens (tertiary/aromatic N) is 2. The molecule has 0 aliphatic carbocycles. The van der Waals surface area contributed by atoms with E-state index < -0.39 is 5.91 Å². The van der Waals surface area contributed by atoms with E-state index in [4.69, 9.17) is 11.5 Å². The molecular formula is C13H15N5O. The summed E-state index contributed by atoms with van der Waals surface area (Å²) in [5.74, 6) is -0.0245. The summed E-state index contributed by atoms with van der Waals surface area (Å²) in [7, 11) is 0. The Balaban J connectivity index is 2.09. The van der Waals surface area contributed by atoms with Gasteiger partial charge in [0.15, 0.2) is 0 Å². The van der Waals surface area contributed by atoms with Gasteiger partial charge < -0.3 is 16.8 Å². The van der Waals surface area contributed by atoms with Gasteiger partial charge in [-0.05, 0) is 24.6 Å². The van der Waals surface area contributed by atoms with Crippen LogP contribution in [0.15, 0.2) is 30.6 Å². The Kier molecular flexibility index (Phi) is 3.61. The molecule has 2 aromatic rings. The lowest BCUT2D eigenvalue weighted by molar-refractivity contribution is 0.100. The van der Waals surface area contributed by atoms with E-state index in [2.05, 4.69) is 15.3 Å². The van der Waals surface area contributed by atoms with Gasteiger partial charge in [-0.3, -0.25) is 9.78 Å². The van der Waals surface area contributed by atoms with Crippen molar-refractivity contribution in [2.75, 3.05) is 11.1 Å². The van der Waals surface area contributed by atoms with Crippen LogP contribution in [0.25, 0.3) is 0 Å². The van der Waals surface area contributed by atoms with Crippen LogP contribution in [-0.2, 0) is 6.54 Å². The molecule has 0 aliphatic rings. The summed E-state index contributed by atoms with van der Waals surface area (Å²) in [5, 5.41) is 3.09. The van der Waals surface area contributed by atoms with Crippen molar-refractivity contribution in [1.82, 2.24) is 9.97 Å². The Bertz CT molecular complexity index is 594. The number of carbonyl (C=O) groups excluding carboxylic acids is 1. The molecule has 1 amide bonds. The van der Waals surface area contributed by atoms with E-state index >= 15 is 0 Å². The monoisotopic (exact) mass is 257 g/mol. The van der Waals surface area contributed by atoms with Gasteiger partial charge in [0, 0.05) is 18.4 Å². The van der Waals surface area contributed by atoms with Crippen molar-refractivity contribution in [2.45, 2.75) is 13.5 Å². The van der Waals surface area contributed by atoms with Crippen LogP contribution in [0.3, 0.4) is 0 Å². The van der Waals surface area contributed by atoms with Gasteiger partial charge in [0.25, 0.3) is 5.91 Å². The largest absolute Gasteiger partial charge is 0.397 e. The number of aryl methyl sites for hydroxylation is 1. The number of aromatic nitrogens is 2. The molecule has 2 heterocycles. The Labute approximate surface area is 110 Å². The van der Waals surface area contributed by atoms with Crippen molar-refractivity contribution in [1.29, 1.82) is 0 Å². The highest BCUT2D eigenvalue weighted by molar-refractivity contribution is 5.98. The Morgan fingerprint density at radius 3 is 2.74 bits per heavy atom. The predicted octanol–water partition coefficient (Wildman–Crippen LogP) is 1.08. The van der Waals surface area contributed by atoms with E-state index in [9.17, 15) is 4.79 Å².